The molecule has 0 saturated heterocycles. The van der Waals surface area contributed by atoms with Crippen molar-refractivity contribution in [2.24, 2.45) is 0 Å². The molecule has 0 saturated carbocycles. The summed E-state index contributed by atoms with van der Waals surface area (Å²) in [6.45, 7) is 9.64. The zero-order chi connectivity index (χ0) is 9.14. The zero-order valence-corrected chi connectivity index (χ0v) is 11.1. The van der Waals surface area contributed by atoms with Crippen molar-refractivity contribution in [3.63, 3.8) is 0 Å². The molecule has 0 radical (unpaired) electrons. The number of hydrogen-bond donors (Lipinski definition) is 0. The monoisotopic (exact) mass is 251 g/mol. The summed E-state index contributed by atoms with van der Waals surface area (Å²) in [5, 5.41) is 0. The molecule has 1 heteroatoms. The van der Waals surface area contributed by atoms with Crippen molar-refractivity contribution < 1.29 is 17.3 Å². The summed E-state index contributed by atoms with van der Waals surface area (Å²) in [4.78, 5) is 0. The molecule has 0 aromatic rings. The van der Waals surface area contributed by atoms with Gasteiger partial charge in [0.1, 0.15) is 0 Å². The van der Waals surface area contributed by atoms with Gasteiger partial charge in [0.25, 0.3) is 0 Å². The van der Waals surface area contributed by atoms with Crippen molar-refractivity contribution in [2.45, 2.75) is 42.7 Å². The molecular weight excluding hydrogens is 228 g/mol. The summed E-state index contributed by atoms with van der Waals surface area (Å²) >= 11 is -1.22. The number of rotatable bonds is 3. The second-order valence-electron chi connectivity index (χ2n) is 4.09. The minimum absolute atomic E-state index is 0.971. The van der Waals surface area contributed by atoms with Gasteiger partial charge in [0.2, 0.25) is 0 Å². The van der Waals surface area contributed by atoms with E-state index in [1.807, 2.05) is 3.96 Å². The Morgan fingerprint density at radius 2 is 1.75 bits per heavy atom. The Hall–Kier alpha value is 0.168. The van der Waals surface area contributed by atoms with E-state index in [9.17, 15) is 0 Å². The third-order valence-electron chi connectivity index (χ3n) is 2.39. The Bertz CT molecular complexity index is 191. The fraction of sp³-hybridized carbons (Fsp3) is 0.636. The van der Waals surface area contributed by atoms with E-state index >= 15 is 0 Å². The first-order chi connectivity index (χ1) is 5.63. The van der Waals surface area contributed by atoms with E-state index in [0.29, 0.717) is 0 Å². The van der Waals surface area contributed by atoms with Gasteiger partial charge in [0, 0.05) is 0 Å². The van der Waals surface area contributed by atoms with Crippen molar-refractivity contribution in [3.8, 4) is 0 Å². The molecule has 0 aromatic heterocycles. The molecule has 0 unspecified atom stereocenters. The molecule has 0 amide bonds. The fourth-order valence-electron chi connectivity index (χ4n) is 2.07. The van der Waals surface area contributed by atoms with Gasteiger partial charge in [-0.15, -0.1) is 0 Å². The maximum absolute atomic E-state index is 2.41. The summed E-state index contributed by atoms with van der Waals surface area (Å²) in [7, 11) is 0. The zero-order valence-electron chi connectivity index (χ0n) is 8.59. The molecule has 0 heterocycles. The first kappa shape index (κ1) is 10.3. The van der Waals surface area contributed by atoms with E-state index in [1.165, 1.54) is 6.42 Å². The SMILES string of the molecule is C[CH](C)[MoH2]([C]1=CC=CC1)[CH](C)C. The van der Waals surface area contributed by atoms with Gasteiger partial charge in [0.05, 0.1) is 0 Å². The van der Waals surface area contributed by atoms with Crippen LogP contribution < -0.4 is 0 Å². The molecular formula is C11H21Mo. The van der Waals surface area contributed by atoms with E-state index in [-0.39, 0.29) is 0 Å². The Morgan fingerprint density at radius 3 is 2.08 bits per heavy atom. The summed E-state index contributed by atoms with van der Waals surface area (Å²) < 4.78 is 3.76. The predicted molar refractivity (Wildman–Crippen MR) is 54.8 cm³/mol. The second-order valence-corrected chi connectivity index (χ2v) is 13.6. The van der Waals surface area contributed by atoms with Crippen LogP contribution in [0.1, 0.15) is 34.1 Å². The van der Waals surface area contributed by atoms with Crippen LogP contribution in [0.3, 0.4) is 0 Å². The van der Waals surface area contributed by atoms with Gasteiger partial charge in [-0.2, -0.15) is 0 Å². The Kier molecular flexibility index (Phi) is 3.77. The van der Waals surface area contributed by atoms with E-state index in [2.05, 4.69) is 45.9 Å². The van der Waals surface area contributed by atoms with Gasteiger partial charge in [-0.05, 0) is 0 Å². The van der Waals surface area contributed by atoms with Crippen LogP contribution in [-0.2, 0) is 17.3 Å². The summed E-state index contributed by atoms with van der Waals surface area (Å²) in [5.74, 6) is 0. The van der Waals surface area contributed by atoms with Crippen LogP contribution in [0, 0.1) is 0 Å². The Labute approximate surface area is 82.3 Å². The number of hydrogen-bond acceptors (Lipinski definition) is 0. The molecule has 1 aliphatic carbocycles. The molecule has 0 bridgehead atoms. The topological polar surface area (TPSA) is 0 Å². The third-order valence-corrected chi connectivity index (χ3v) is 11.2. The van der Waals surface area contributed by atoms with Crippen LogP contribution >= 0.6 is 0 Å². The maximum atomic E-state index is 2.41. The van der Waals surface area contributed by atoms with Crippen molar-refractivity contribution in [1.82, 2.24) is 0 Å². The molecule has 0 aromatic carbocycles. The summed E-state index contributed by atoms with van der Waals surface area (Å²) in [5.41, 5.74) is 0. The van der Waals surface area contributed by atoms with Crippen LogP contribution in [-0.4, -0.2) is 0 Å². The average molecular weight is 249 g/mol. The average Bonchev–Trinajstić information content (AvgIpc) is 2.37. The first-order valence-electron chi connectivity index (χ1n) is 4.85. The first-order valence-corrected chi connectivity index (χ1v) is 8.92. The molecule has 0 N–H and O–H groups in total. The molecule has 0 atom stereocenters. The van der Waals surface area contributed by atoms with Crippen molar-refractivity contribution in [3.05, 3.63) is 22.2 Å². The molecule has 1 rings (SSSR count). The number of allylic oxidation sites excluding steroid dienone is 4. The Balaban J connectivity index is 2.66. The molecule has 0 nitrogen and oxygen atoms in total. The van der Waals surface area contributed by atoms with Crippen molar-refractivity contribution in [1.29, 1.82) is 0 Å². The minimum atomic E-state index is -1.22. The normalized spacial score (nSPS) is 17.5. The second kappa shape index (κ2) is 4.42. The van der Waals surface area contributed by atoms with Gasteiger partial charge in [-0.3, -0.25) is 0 Å². The Morgan fingerprint density at radius 1 is 1.17 bits per heavy atom. The molecule has 1 aliphatic rings. The quantitative estimate of drug-likeness (QED) is 0.671. The molecule has 0 aliphatic heterocycles. The molecule has 12 heavy (non-hydrogen) atoms. The van der Waals surface area contributed by atoms with Crippen LogP contribution in [0.4, 0.5) is 0 Å². The fourth-order valence-corrected chi connectivity index (χ4v) is 10.6. The van der Waals surface area contributed by atoms with Gasteiger partial charge in [-0.1, -0.05) is 0 Å². The van der Waals surface area contributed by atoms with Gasteiger partial charge >= 0.3 is 82.2 Å². The predicted octanol–water partition coefficient (Wildman–Crippen LogP) is 3.57. The van der Waals surface area contributed by atoms with E-state index in [1.54, 1.807) is 0 Å². The van der Waals surface area contributed by atoms with Crippen LogP contribution in [0.2, 0.25) is 8.62 Å². The van der Waals surface area contributed by atoms with Gasteiger partial charge in [-0.25, -0.2) is 0 Å². The van der Waals surface area contributed by atoms with Crippen LogP contribution in [0.5, 0.6) is 0 Å². The van der Waals surface area contributed by atoms with Crippen molar-refractivity contribution in [2.75, 3.05) is 0 Å². The molecule has 0 spiro atoms. The van der Waals surface area contributed by atoms with Gasteiger partial charge < -0.3 is 0 Å². The van der Waals surface area contributed by atoms with E-state index in [0.717, 1.165) is 8.62 Å². The van der Waals surface area contributed by atoms with E-state index < -0.39 is 17.3 Å². The third kappa shape index (κ3) is 2.33. The molecule has 71 valence electrons. The standard InChI is InChI=1S/C5H5.2C3H7.Mo.2H/c1-2-4-5-3-1;2*1-3-2;;;/h1-3H,4H2;2*3H,1-2H3;;;. The van der Waals surface area contributed by atoms with Crippen LogP contribution in [0.25, 0.3) is 0 Å². The van der Waals surface area contributed by atoms with E-state index in [4.69, 9.17) is 0 Å². The molecule has 0 fully saturated rings. The van der Waals surface area contributed by atoms with Crippen molar-refractivity contribution >= 4 is 0 Å². The van der Waals surface area contributed by atoms with Crippen LogP contribution in [0.15, 0.2) is 22.2 Å². The summed E-state index contributed by atoms with van der Waals surface area (Å²) in [6, 6.07) is 0. The van der Waals surface area contributed by atoms with Gasteiger partial charge in [0.15, 0.2) is 0 Å². The summed E-state index contributed by atoms with van der Waals surface area (Å²) in [6.07, 6.45) is 8.20.